The zero-order valence-electron chi connectivity index (χ0n) is 14.3. The highest BCUT2D eigenvalue weighted by molar-refractivity contribution is 5.60. The summed E-state index contributed by atoms with van der Waals surface area (Å²) in [6.07, 6.45) is 0. The molecule has 0 unspecified atom stereocenters. The second kappa shape index (κ2) is 7.12. The van der Waals surface area contributed by atoms with Crippen molar-refractivity contribution in [2.75, 3.05) is 6.61 Å². The van der Waals surface area contributed by atoms with Gasteiger partial charge in [0.15, 0.2) is 17.3 Å². The first kappa shape index (κ1) is 18.1. The van der Waals surface area contributed by atoms with Crippen LogP contribution >= 0.6 is 0 Å². The summed E-state index contributed by atoms with van der Waals surface area (Å²) in [5.74, 6) is 0.189. The number of ether oxygens (including phenoxy) is 1. The Hall–Kier alpha value is -3.23. The molecule has 9 heteroatoms. The maximum absolute atomic E-state index is 12.2. The summed E-state index contributed by atoms with van der Waals surface area (Å²) in [4.78, 5) is 22.9. The second-order valence-corrected chi connectivity index (χ2v) is 5.33. The van der Waals surface area contributed by atoms with Gasteiger partial charge in [-0.05, 0) is 38.5 Å². The third-order valence-electron chi connectivity index (χ3n) is 3.79. The highest BCUT2D eigenvalue weighted by atomic mass is 16.6. The van der Waals surface area contributed by atoms with Crippen molar-refractivity contribution >= 4 is 17.1 Å². The molecular weight excluding hydrogens is 328 g/mol. The molecule has 0 atom stereocenters. The highest BCUT2D eigenvalue weighted by Crippen LogP contribution is 2.33. The van der Waals surface area contributed by atoms with Crippen molar-refractivity contribution in [2.45, 2.75) is 20.8 Å². The van der Waals surface area contributed by atoms with Crippen molar-refractivity contribution in [1.82, 2.24) is 4.57 Å². The first-order valence-corrected chi connectivity index (χ1v) is 7.50. The van der Waals surface area contributed by atoms with Gasteiger partial charge in [-0.2, -0.15) is 0 Å². The summed E-state index contributed by atoms with van der Waals surface area (Å²) in [6.45, 7) is 5.41. The van der Waals surface area contributed by atoms with Gasteiger partial charge in [-0.3, -0.25) is 19.5 Å². The summed E-state index contributed by atoms with van der Waals surface area (Å²) in [7, 11) is 1.41. The molecule has 0 radical (unpaired) electrons. The van der Waals surface area contributed by atoms with Crippen LogP contribution < -0.4 is 10.3 Å². The minimum atomic E-state index is -0.593. The fourth-order valence-corrected chi connectivity index (χ4v) is 2.22. The molecule has 0 saturated heterocycles. The molecule has 0 aliphatic rings. The smallest absolute Gasteiger partial charge is 0.300 e. The molecule has 0 saturated carbocycles. The minimum absolute atomic E-state index is 0.000587. The van der Waals surface area contributed by atoms with Gasteiger partial charge >= 0.3 is 0 Å². The van der Waals surface area contributed by atoms with Crippen molar-refractivity contribution in [3.63, 3.8) is 0 Å². The van der Waals surface area contributed by atoms with Gasteiger partial charge < -0.3 is 9.84 Å². The summed E-state index contributed by atoms with van der Waals surface area (Å²) < 4.78 is 6.28. The molecule has 1 N–H and O–H groups in total. The van der Waals surface area contributed by atoms with Crippen LogP contribution in [0.15, 0.2) is 33.2 Å². The Morgan fingerprint density at radius 3 is 2.56 bits per heavy atom. The van der Waals surface area contributed by atoms with E-state index in [-0.39, 0.29) is 22.9 Å². The van der Waals surface area contributed by atoms with Crippen molar-refractivity contribution in [3.8, 4) is 11.6 Å². The molecule has 1 aromatic carbocycles. The van der Waals surface area contributed by atoms with Crippen LogP contribution in [0.3, 0.4) is 0 Å². The van der Waals surface area contributed by atoms with E-state index >= 15 is 0 Å². The van der Waals surface area contributed by atoms with E-state index < -0.39 is 10.5 Å². The van der Waals surface area contributed by atoms with Gasteiger partial charge in [-0.25, -0.2) is 0 Å². The molecule has 132 valence electrons. The second-order valence-electron chi connectivity index (χ2n) is 5.33. The van der Waals surface area contributed by atoms with Gasteiger partial charge in [-0.1, -0.05) is 0 Å². The van der Waals surface area contributed by atoms with Gasteiger partial charge in [0, 0.05) is 12.6 Å². The average molecular weight is 346 g/mol. The topological polar surface area (TPSA) is 119 Å². The van der Waals surface area contributed by atoms with Crippen LogP contribution in [0.25, 0.3) is 0 Å². The van der Waals surface area contributed by atoms with Crippen LogP contribution in [-0.4, -0.2) is 21.2 Å². The number of rotatable bonds is 5. The zero-order chi connectivity index (χ0) is 18.7. The first-order valence-electron chi connectivity index (χ1n) is 7.50. The first-order chi connectivity index (χ1) is 11.8. The lowest BCUT2D eigenvalue weighted by atomic mass is 10.1. The molecule has 0 bridgehead atoms. The molecule has 1 heterocycles. The standard InChI is InChI=1S/C16H18N4O5/c1-5-25-11-6-7-12(13(8-11)20(23)24)17-18-14-9(2)10(3)15(21)19(4)16(14)22/h6-8,21H,5H2,1-4H3. The number of aromatic hydroxyl groups is 1. The Morgan fingerprint density at radius 1 is 1.28 bits per heavy atom. The van der Waals surface area contributed by atoms with Crippen LogP contribution in [0.4, 0.5) is 17.1 Å². The molecule has 2 rings (SSSR count). The molecule has 1 aromatic heterocycles. The van der Waals surface area contributed by atoms with Crippen molar-refractivity contribution in [1.29, 1.82) is 0 Å². The zero-order valence-corrected chi connectivity index (χ0v) is 14.3. The van der Waals surface area contributed by atoms with Gasteiger partial charge in [0.1, 0.15) is 5.75 Å². The third kappa shape index (κ3) is 3.49. The SMILES string of the molecule is CCOc1ccc(N=Nc2c(C)c(C)c(O)n(C)c2=O)c([N+](=O)[O-])c1. The molecule has 9 nitrogen and oxygen atoms in total. The summed E-state index contributed by atoms with van der Waals surface area (Å²) in [6, 6.07) is 4.20. The summed E-state index contributed by atoms with van der Waals surface area (Å²) in [5, 5.41) is 28.8. The number of aromatic nitrogens is 1. The van der Waals surface area contributed by atoms with E-state index in [1.165, 1.54) is 25.2 Å². The lowest BCUT2D eigenvalue weighted by Crippen LogP contribution is -2.18. The third-order valence-corrected chi connectivity index (χ3v) is 3.79. The Balaban J connectivity index is 2.54. The van der Waals surface area contributed by atoms with E-state index in [2.05, 4.69) is 10.2 Å². The predicted octanol–water partition coefficient (Wildman–Crippen LogP) is 3.43. The van der Waals surface area contributed by atoms with Crippen molar-refractivity contribution in [2.24, 2.45) is 17.3 Å². The molecule has 0 aliphatic heterocycles. The number of nitro groups is 1. The molecule has 0 spiro atoms. The largest absolute Gasteiger partial charge is 0.494 e. The summed E-state index contributed by atoms with van der Waals surface area (Å²) >= 11 is 0. The summed E-state index contributed by atoms with van der Waals surface area (Å²) in [5.41, 5.74) is 0.134. The van der Waals surface area contributed by atoms with Gasteiger partial charge in [-0.15, -0.1) is 10.2 Å². The fourth-order valence-electron chi connectivity index (χ4n) is 2.22. The molecular formula is C16H18N4O5. The quantitative estimate of drug-likeness (QED) is 0.505. The number of hydrogen-bond donors (Lipinski definition) is 1. The molecule has 2 aromatic rings. The van der Waals surface area contributed by atoms with E-state index in [0.717, 1.165) is 4.57 Å². The Bertz CT molecular complexity index is 918. The van der Waals surface area contributed by atoms with Gasteiger partial charge in [0.05, 0.1) is 17.6 Å². The van der Waals surface area contributed by atoms with E-state index in [0.29, 0.717) is 23.5 Å². The fraction of sp³-hybridized carbons (Fsp3) is 0.312. The van der Waals surface area contributed by atoms with Gasteiger partial charge in [0.2, 0.25) is 0 Å². The normalized spacial score (nSPS) is 11.0. The van der Waals surface area contributed by atoms with Crippen LogP contribution in [0, 0.1) is 24.0 Å². The minimum Gasteiger partial charge on any atom is -0.494 e. The van der Waals surface area contributed by atoms with E-state index in [9.17, 15) is 20.0 Å². The lowest BCUT2D eigenvalue weighted by Gasteiger charge is -2.10. The number of nitro benzene ring substituents is 1. The van der Waals surface area contributed by atoms with Crippen molar-refractivity contribution in [3.05, 3.63) is 49.8 Å². The van der Waals surface area contributed by atoms with E-state index in [1.54, 1.807) is 20.8 Å². The predicted molar refractivity (Wildman–Crippen MR) is 91.3 cm³/mol. The molecule has 25 heavy (non-hydrogen) atoms. The number of azo groups is 1. The average Bonchev–Trinajstić information content (AvgIpc) is 2.59. The molecule has 0 aliphatic carbocycles. The Kier molecular flexibility index (Phi) is 5.16. The maximum atomic E-state index is 12.2. The van der Waals surface area contributed by atoms with Crippen molar-refractivity contribution < 1.29 is 14.8 Å². The molecule has 0 amide bonds. The van der Waals surface area contributed by atoms with Crippen LogP contribution in [0.5, 0.6) is 11.6 Å². The van der Waals surface area contributed by atoms with Gasteiger partial charge in [0.25, 0.3) is 11.2 Å². The van der Waals surface area contributed by atoms with E-state index in [1.807, 2.05) is 0 Å². The number of pyridine rings is 1. The number of nitrogens with zero attached hydrogens (tertiary/aromatic N) is 4. The number of benzene rings is 1. The molecule has 0 fully saturated rings. The van der Waals surface area contributed by atoms with Crippen LogP contribution in [0.1, 0.15) is 18.1 Å². The lowest BCUT2D eigenvalue weighted by molar-refractivity contribution is -0.384. The number of hydrogen-bond acceptors (Lipinski definition) is 7. The highest BCUT2D eigenvalue weighted by Gasteiger charge is 2.17. The van der Waals surface area contributed by atoms with E-state index in [4.69, 9.17) is 4.74 Å². The Morgan fingerprint density at radius 2 is 1.96 bits per heavy atom. The monoisotopic (exact) mass is 346 g/mol. The van der Waals surface area contributed by atoms with Crippen LogP contribution in [-0.2, 0) is 7.05 Å². The maximum Gasteiger partial charge on any atom is 0.300 e. The Labute approximate surface area is 143 Å². The van der Waals surface area contributed by atoms with Crippen LogP contribution in [0.2, 0.25) is 0 Å².